The Labute approximate surface area is 129 Å². The maximum absolute atomic E-state index is 11.5. The van der Waals surface area contributed by atoms with Crippen LogP contribution < -0.4 is 10.3 Å². The first-order valence-electron chi connectivity index (χ1n) is 6.22. The lowest BCUT2D eigenvalue weighted by Gasteiger charge is -2.20. The lowest BCUT2D eigenvalue weighted by molar-refractivity contribution is -0.0168. The van der Waals surface area contributed by atoms with Crippen LogP contribution in [0.1, 0.15) is 16.8 Å². The number of aromatic amines is 1. The van der Waals surface area contributed by atoms with Crippen molar-refractivity contribution in [2.75, 3.05) is 6.79 Å². The third-order valence-corrected chi connectivity index (χ3v) is 4.09. The highest BCUT2D eigenvalue weighted by Gasteiger charge is 2.17. The van der Waals surface area contributed by atoms with E-state index in [-0.39, 0.29) is 12.4 Å². The van der Waals surface area contributed by atoms with Crippen LogP contribution in [0.3, 0.4) is 0 Å². The van der Waals surface area contributed by atoms with Crippen LogP contribution in [-0.4, -0.2) is 22.0 Å². The number of hydrogen-bond donors (Lipinski definition) is 1. The summed E-state index contributed by atoms with van der Waals surface area (Å²) in [4.78, 5) is 14.2. The number of rotatable bonds is 3. The fourth-order valence-electron chi connectivity index (χ4n) is 1.95. The summed E-state index contributed by atoms with van der Waals surface area (Å²) in [6, 6.07) is 3.68. The van der Waals surface area contributed by atoms with Crippen LogP contribution in [0, 0.1) is 6.92 Å². The Kier molecular flexibility index (Phi) is 4.14. The van der Waals surface area contributed by atoms with Gasteiger partial charge in [-0.25, -0.2) is 0 Å². The van der Waals surface area contributed by atoms with Crippen molar-refractivity contribution in [1.29, 1.82) is 0 Å². The van der Waals surface area contributed by atoms with Gasteiger partial charge in [-0.05, 0) is 19.1 Å². The van der Waals surface area contributed by atoms with E-state index in [0.717, 1.165) is 16.9 Å². The quantitative estimate of drug-likeness (QED) is 0.872. The van der Waals surface area contributed by atoms with E-state index >= 15 is 0 Å². The second-order valence-electron chi connectivity index (χ2n) is 4.50. The molecule has 1 aliphatic heterocycles. The standard InChI is InChI=1S/C13H12ClN3O3S/c1-7-12(18)15-13(17-16-7)21-5-9-3-10(14)2-8-4-19-6-20-11(8)9/h2-3H,4-6H2,1H3,(H,15,17,18). The van der Waals surface area contributed by atoms with E-state index < -0.39 is 0 Å². The van der Waals surface area contributed by atoms with E-state index in [9.17, 15) is 4.79 Å². The number of benzene rings is 1. The highest BCUT2D eigenvalue weighted by Crippen LogP contribution is 2.34. The molecule has 1 aromatic heterocycles. The molecular weight excluding hydrogens is 314 g/mol. The van der Waals surface area contributed by atoms with E-state index in [1.165, 1.54) is 11.8 Å². The number of aromatic nitrogens is 3. The molecule has 0 fully saturated rings. The largest absolute Gasteiger partial charge is 0.467 e. The third-order valence-electron chi connectivity index (χ3n) is 2.96. The van der Waals surface area contributed by atoms with E-state index in [2.05, 4.69) is 15.2 Å². The molecule has 0 atom stereocenters. The van der Waals surface area contributed by atoms with Crippen molar-refractivity contribution in [1.82, 2.24) is 15.2 Å². The Morgan fingerprint density at radius 2 is 2.29 bits per heavy atom. The predicted molar refractivity (Wildman–Crippen MR) is 78.7 cm³/mol. The monoisotopic (exact) mass is 325 g/mol. The molecule has 0 spiro atoms. The van der Waals surface area contributed by atoms with Crippen LogP contribution >= 0.6 is 23.4 Å². The number of nitrogens with zero attached hydrogens (tertiary/aromatic N) is 2. The van der Waals surface area contributed by atoms with Gasteiger partial charge in [-0.1, -0.05) is 23.4 Å². The first-order valence-corrected chi connectivity index (χ1v) is 7.58. The number of halogens is 1. The van der Waals surface area contributed by atoms with Gasteiger partial charge in [-0.3, -0.25) is 9.78 Å². The Morgan fingerprint density at radius 1 is 1.43 bits per heavy atom. The van der Waals surface area contributed by atoms with Gasteiger partial charge in [-0.15, -0.1) is 10.2 Å². The molecule has 2 heterocycles. The number of thioether (sulfide) groups is 1. The Balaban J connectivity index is 1.83. The molecule has 3 rings (SSSR count). The lowest BCUT2D eigenvalue weighted by Crippen LogP contribution is -2.14. The molecule has 0 amide bonds. The average molecular weight is 326 g/mol. The fourth-order valence-corrected chi connectivity index (χ4v) is 2.99. The second-order valence-corrected chi connectivity index (χ2v) is 5.90. The molecule has 0 aliphatic carbocycles. The molecule has 21 heavy (non-hydrogen) atoms. The molecule has 6 nitrogen and oxygen atoms in total. The van der Waals surface area contributed by atoms with Crippen LogP contribution in [0.15, 0.2) is 22.1 Å². The number of nitrogens with one attached hydrogen (secondary N) is 1. The SMILES string of the molecule is Cc1nnc(SCc2cc(Cl)cc3c2OCOC3)[nH]c1=O. The molecule has 1 aliphatic rings. The molecule has 2 aromatic rings. The molecule has 0 bridgehead atoms. The Morgan fingerprint density at radius 3 is 3.10 bits per heavy atom. The molecule has 1 N–H and O–H groups in total. The van der Waals surface area contributed by atoms with Gasteiger partial charge in [0.15, 0.2) is 11.9 Å². The minimum atomic E-state index is -0.231. The summed E-state index contributed by atoms with van der Waals surface area (Å²) in [5.74, 6) is 1.36. The van der Waals surface area contributed by atoms with Crippen molar-refractivity contribution in [3.05, 3.63) is 44.3 Å². The zero-order valence-corrected chi connectivity index (χ0v) is 12.8. The van der Waals surface area contributed by atoms with Gasteiger partial charge >= 0.3 is 0 Å². The molecule has 8 heteroatoms. The van der Waals surface area contributed by atoms with Crippen molar-refractivity contribution < 1.29 is 9.47 Å². The minimum absolute atomic E-state index is 0.230. The Hall–Kier alpha value is -1.57. The van der Waals surface area contributed by atoms with Gasteiger partial charge in [0.25, 0.3) is 5.56 Å². The average Bonchev–Trinajstić information content (AvgIpc) is 2.48. The van der Waals surface area contributed by atoms with Crippen LogP contribution in [0.2, 0.25) is 5.02 Å². The maximum atomic E-state index is 11.5. The topological polar surface area (TPSA) is 77.1 Å². The maximum Gasteiger partial charge on any atom is 0.273 e. The first kappa shape index (κ1) is 14.4. The predicted octanol–water partition coefficient (Wildman–Crippen LogP) is 2.29. The zero-order valence-electron chi connectivity index (χ0n) is 11.2. The van der Waals surface area contributed by atoms with Gasteiger partial charge in [0.2, 0.25) is 0 Å². The van der Waals surface area contributed by atoms with Crippen LogP contribution in [-0.2, 0) is 17.1 Å². The summed E-state index contributed by atoms with van der Waals surface area (Å²) in [5, 5.41) is 8.84. The smallest absolute Gasteiger partial charge is 0.273 e. The van der Waals surface area contributed by atoms with Crippen molar-refractivity contribution in [2.24, 2.45) is 0 Å². The first-order chi connectivity index (χ1) is 10.1. The van der Waals surface area contributed by atoms with Gasteiger partial charge in [-0.2, -0.15) is 0 Å². The lowest BCUT2D eigenvalue weighted by atomic mass is 10.1. The highest BCUT2D eigenvalue weighted by molar-refractivity contribution is 7.98. The molecule has 0 saturated heterocycles. The van der Waals surface area contributed by atoms with E-state index in [4.69, 9.17) is 21.1 Å². The summed E-state index contributed by atoms with van der Waals surface area (Å²) in [6.07, 6.45) is 0. The number of H-pyrrole nitrogens is 1. The van der Waals surface area contributed by atoms with Crippen molar-refractivity contribution in [3.63, 3.8) is 0 Å². The van der Waals surface area contributed by atoms with E-state index in [1.54, 1.807) is 6.92 Å². The van der Waals surface area contributed by atoms with Gasteiger partial charge in [0.05, 0.1) is 6.61 Å². The minimum Gasteiger partial charge on any atom is -0.467 e. The van der Waals surface area contributed by atoms with Crippen LogP contribution in [0.5, 0.6) is 5.75 Å². The molecule has 0 unspecified atom stereocenters. The summed E-state index contributed by atoms with van der Waals surface area (Å²) >= 11 is 7.47. The van der Waals surface area contributed by atoms with E-state index in [1.807, 2.05) is 12.1 Å². The normalized spacial score (nSPS) is 13.6. The van der Waals surface area contributed by atoms with Gasteiger partial charge < -0.3 is 9.47 Å². The molecule has 110 valence electrons. The summed E-state index contributed by atoms with van der Waals surface area (Å²) in [7, 11) is 0. The molecule has 0 saturated carbocycles. The summed E-state index contributed by atoms with van der Waals surface area (Å²) in [5.41, 5.74) is 1.98. The van der Waals surface area contributed by atoms with Gasteiger partial charge in [0, 0.05) is 21.9 Å². The third kappa shape index (κ3) is 3.20. The van der Waals surface area contributed by atoms with Crippen LogP contribution in [0.4, 0.5) is 0 Å². The summed E-state index contributed by atoms with van der Waals surface area (Å²) in [6.45, 7) is 2.32. The number of ether oxygens (including phenoxy) is 2. The fraction of sp³-hybridized carbons (Fsp3) is 0.308. The van der Waals surface area contributed by atoms with Crippen LogP contribution in [0.25, 0.3) is 0 Å². The van der Waals surface area contributed by atoms with Crippen molar-refractivity contribution in [2.45, 2.75) is 24.4 Å². The second kappa shape index (κ2) is 6.05. The van der Waals surface area contributed by atoms with Crippen molar-refractivity contribution >= 4 is 23.4 Å². The number of fused-ring (bicyclic) bond motifs is 1. The highest BCUT2D eigenvalue weighted by atomic mass is 35.5. The zero-order chi connectivity index (χ0) is 14.8. The van der Waals surface area contributed by atoms with E-state index in [0.29, 0.717) is 28.2 Å². The number of hydrogen-bond acceptors (Lipinski definition) is 6. The molecule has 1 aromatic carbocycles. The molecule has 0 radical (unpaired) electrons. The number of aryl methyl sites for hydroxylation is 1. The molecular formula is C13H12ClN3O3S. The Bertz CT molecular complexity index is 735. The van der Waals surface area contributed by atoms with Gasteiger partial charge in [0.1, 0.15) is 11.4 Å². The summed E-state index contributed by atoms with van der Waals surface area (Å²) < 4.78 is 10.8. The van der Waals surface area contributed by atoms with Crippen molar-refractivity contribution in [3.8, 4) is 5.75 Å².